The third-order valence-electron chi connectivity index (χ3n) is 3.81. The van der Waals surface area contributed by atoms with Crippen LogP contribution in [0.5, 0.6) is 5.88 Å². The molecule has 1 heterocycles. The summed E-state index contributed by atoms with van der Waals surface area (Å²) in [7, 11) is 1.51. The molecule has 0 aliphatic carbocycles. The molecule has 0 fully saturated rings. The smallest absolute Gasteiger partial charge is 0.310 e. The third kappa shape index (κ3) is 4.18. The van der Waals surface area contributed by atoms with E-state index in [-0.39, 0.29) is 24.8 Å². The molecular weight excluding hydrogens is 272 g/mol. The summed E-state index contributed by atoms with van der Waals surface area (Å²) in [6.45, 7) is 5.44. The van der Waals surface area contributed by atoms with Gasteiger partial charge in [-0.15, -0.1) is 0 Å². The van der Waals surface area contributed by atoms with Gasteiger partial charge in [0.1, 0.15) is 0 Å². The maximum atomic E-state index is 12.0. The summed E-state index contributed by atoms with van der Waals surface area (Å²) in [5.41, 5.74) is -0.335. The summed E-state index contributed by atoms with van der Waals surface area (Å²) in [5.74, 6) is -0.970. The number of ether oxygens (including phenoxy) is 1. The number of aliphatic carboxylic acids is 1. The molecule has 6 nitrogen and oxygen atoms in total. The highest BCUT2D eigenvalue weighted by Crippen LogP contribution is 2.31. The van der Waals surface area contributed by atoms with Crippen molar-refractivity contribution >= 4 is 11.9 Å². The van der Waals surface area contributed by atoms with Gasteiger partial charge in [0.05, 0.1) is 12.5 Å². The van der Waals surface area contributed by atoms with Gasteiger partial charge in [0.25, 0.3) is 0 Å². The minimum atomic E-state index is -1.08. The lowest BCUT2D eigenvalue weighted by molar-refractivity contribution is -0.153. The molecule has 6 heteroatoms. The van der Waals surface area contributed by atoms with Crippen LogP contribution in [0.25, 0.3) is 0 Å². The van der Waals surface area contributed by atoms with E-state index in [0.29, 0.717) is 5.88 Å². The van der Waals surface area contributed by atoms with Crippen molar-refractivity contribution in [3.05, 3.63) is 23.9 Å². The molecule has 1 unspecified atom stereocenters. The van der Waals surface area contributed by atoms with E-state index >= 15 is 0 Å². The lowest BCUT2D eigenvalue weighted by Gasteiger charge is -2.28. The summed E-state index contributed by atoms with van der Waals surface area (Å²) in [4.78, 5) is 27.4. The van der Waals surface area contributed by atoms with Gasteiger partial charge in [-0.25, -0.2) is 4.98 Å². The van der Waals surface area contributed by atoms with Crippen molar-refractivity contribution in [1.29, 1.82) is 0 Å². The Morgan fingerprint density at radius 3 is 2.67 bits per heavy atom. The standard InChI is InChI=1S/C15H22N2O4/c1-10(2)15(3,14(19)20)8-12(18)17-9-11-6-5-7-16-13(11)21-4/h5-7,10H,8-9H2,1-4H3,(H,17,18)(H,19,20). The summed E-state index contributed by atoms with van der Waals surface area (Å²) in [6.07, 6.45) is 1.53. The Bertz CT molecular complexity index is 516. The predicted molar refractivity (Wildman–Crippen MR) is 77.8 cm³/mol. The van der Waals surface area contributed by atoms with Crippen LogP contribution in [0.15, 0.2) is 18.3 Å². The Kier molecular flexibility index (Phi) is 5.69. The first-order valence-electron chi connectivity index (χ1n) is 6.79. The number of carbonyl (C=O) groups is 2. The van der Waals surface area contributed by atoms with Crippen LogP contribution in [-0.2, 0) is 16.1 Å². The predicted octanol–water partition coefficient (Wildman–Crippen LogP) is 1.84. The molecule has 1 aromatic heterocycles. The number of nitrogens with zero attached hydrogens (tertiary/aromatic N) is 1. The van der Waals surface area contributed by atoms with Gasteiger partial charge in [-0.1, -0.05) is 19.9 Å². The van der Waals surface area contributed by atoms with Gasteiger partial charge >= 0.3 is 5.97 Å². The van der Waals surface area contributed by atoms with Crippen LogP contribution in [0, 0.1) is 11.3 Å². The highest BCUT2D eigenvalue weighted by atomic mass is 16.5. The molecule has 0 bridgehead atoms. The molecular formula is C15H22N2O4. The Morgan fingerprint density at radius 1 is 1.48 bits per heavy atom. The van der Waals surface area contributed by atoms with Crippen molar-refractivity contribution in [2.24, 2.45) is 11.3 Å². The first-order chi connectivity index (χ1) is 9.81. The number of nitrogens with one attached hydrogen (secondary N) is 1. The lowest BCUT2D eigenvalue weighted by atomic mass is 9.76. The third-order valence-corrected chi connectivity index (χ3v) is 3.81. The van der Waals surface area contributed by atoms with Crippen molar-refractivity contribution in [2.45, 2.75) is 33.7 Å². The molecule has 1 aromatic rings. The van der Waals surface area contributed by atoms with Crippen LogP contribution in [0.4, 0.5) is 0 Å². The highest BCUT2D eigenvalue weighted by molar-refractivity contribution is 5.84. The molecule has 0 saturated carbocycles. The second-order valence-electron chi connectivity index (χ2n) is 5.50. The lowest BCUT2D eigenvalue weighted by Crippen LogP contribution is -2.39. The number of methoxy groups -OCH3 is 1. The molecule has 1 atom stereocenters. The van der Waals surface area contributed by atoms with Gasteiger partial charge in [-0.2, -0.15) is 0 Å². The maximum absolute atomic E-state index is 12.0. The fourth-order valence-corrected chi connectivity index (χ4v) is 1.86. The van der Waals surface area contributed by atoms with Gasteiger partial charge in [0.15, 0.2) is 0 Å². The average molecular weight is 294 g/mol. The Morgan fingerprint density at radius 2 is 2.14 bits per heavy atom. The van der Waals surface area contributed by atoms with E-state index in [1.54, 1.807) is 39.1 Å². The van der Waals surface area contributed by atoms with Crippen LogP contribution < -0.4 is 10.1 Å². The molecule has 1 amide bonds. The zero-order chi connectivity index (χ0) is 16.0. The van der Waals surface area contributed by atoms with Gasteiger partial charge in [0.2, 0.25) is 11.8 Å². The van der Waals surface area contributed by atoms with Gasteiger partial charge in [-0.05, 0) is 18.9 Å². The average Bonchev–Trinajstić information content (AvgIpc) is 2.44. The molecule has 1 rings (SSSR count). The minimum Gasteiger partial charge on any atom is -0.481 e. The van der Waals surface area contributed by atoms with Gasteiger partial charge in [0, 0.05) is 24.7 Å². The van der Waals surface area contributed by atoms with Crippen LogP contribution in [0.3, 0.4) is 0 Å². The molecule has 0 radical (unpaired) electrons. The number of rotatable bonds is 7. The van der Waals surface area contributed by atoms with Crippen LogP contribution >= 0.6 is 0 Å². The van der Waals surface area contributed by atoms with Crippen molar-refractivity contribution in [3.63, 3.8) is 0 Å². The monoisotopic (exact) mass is 294 g/mol. The topological polar surface area (TPSA) is 88.5 Å². The second kappa shape index (κ2) is 7.06. The Balaban J connectivity index is 2.68. The van der Waals surface area contributed by atoms with Crippen LogP contribution in [0.2, 0.25) is 0 Å². The fourth-order valence-electron chi connectivity index (χ4n) is 1.86. The number of amides is 1. The Hall–Kier alpha value is -2.11. The number of pyridine rings is 1. The first-order valence-corrected chi connectivity index (χ1v) is 6.79. The van der Waals surface area contributed by atoms with Crippen molar-refractivity contribution in [2.75, 3.05) is 7.11 Å². The number of hydrogen-bond donors (Lipinski definition) is 2. The zero-order valence-electron chi connectivity index (χ0n) is 12.8. The van der Waals surface area contributed by atoms with E-state index in [1.807, 2.05) is 0 Å². The molecule has 21 heavy (non-hydrogen) atoms. The molecule has 116 valence electrons. The highest BCUT2D eigenvalue weighted by Gasteiger charge is 2.38. The SMILES string of the molecule is COc1ncccc1CNC(=O)CC(C)(C(=O)O)C(C)C. The van der Waals surface area contributed by atoms with E-state index in [0.717, 1.165) is 5.56 Å². The number of carboxylic acid groups (broad SMARTS) is 1. The van der Waals surface area contributed by atoms with E-state index in [1.165, 1.54) is 7.11 Å². The van der Waals surface area contributed by atoms with Gasteiger partial charge in [-0.3, -0.25) is 9.59 Å². The normalized spacial score (nSPS) is 13.6. The quantitative estimate of drug-likeness (QED) is 0.801. The summed E-state index contributed by atoms with van der Waals surface area (Å²) >= 11 is 0. The van der Waals surface area contributed by atoms with E-state index in [2.05, 4.69) is 10.3 Å². The molecule has 0 aliphatic heterocycles. The summed E-state index contributed by atoms with van der Waals surface area (Å²) in [6, 6.07) is 3.55. The largest absolute Gasteiger partial charge is 0.481 e. The zero-order valence-corrected chi connectivity index (χ0v) is 12.8. The molecule has 0 spiro atoms. The number of hydrogen-bond acceptors (Lipinski definition) is 4. The van der Waals surface area contributed by atoms with Crippen LogP contribution in [-0.4, -0.2) is 29.1 Å². The minimum absolute atomic E-state index is 0.0669. The van der Waals surface area contributed by atoms with Gasteiger partial charge < -0.3 is 15.2 Å². The fraction of sp³-hybridized carbons (Fsp3) is 0.533. The number of carboxylic acids is 1. The van der Waals surface area contributed by atoms with E-state index in [9.17, 15) is 14.7 Å². The summed E-state index contributed by atoms with van der Waals surface area (Å²) < 4.78 is 5.10. The van der Waals surface area contributed by atoms with E-state index < -0.39 is 11.4 Å². The molecule has 0 aromatic carbocycles. The van der Waals surface area contributed by atoms with Crippen LogP contribution in [0.1, 0.15) is 32.8 Å². The van der Waals surface area contributed by atoms with Crippen molar-refractivity contribution in [1.82, 2.24) is 10.3 Å². The molecule has 2 N–H and O–H groups in total. The van der Waals surface area contributed by atoms with Crippen molar-refractivity contribution < 1.29 is 19.4 Å². The molecule has 0 saturated heterocycles. The van der Waals surface area contributed by atoms with E-state index in [4.69, 9.17) is 4.74 Å². The number of carbonyl (C=O) groups excluding carboxylic acids is 1. The van der Waals surface area contributed by atoms with Crippen molar-refractivity contribution in [3.8, 4) is 5.88 Å². The second-order valence-corrected chi connectivity index (χ2v) is 5.50. The number of aromatic nitrogens is 1. The summed E-state index contributed by atoms with van der Waals surface area (Å²) in [5, 5.41) is 12.0. The molecule has 0 aliphatic rings. The Labute approximate surface area is 124 Å². The maximum Gasteiger partial charge on any atom is 0.310 e. The first kappa shape index (κ1) is 16.9.